The van der Waals surface area contributed by atoms with E-state index >= 15 is 0 Å². The summed E-state index contributed by atoms with van der Waals surface area (Å²) in [5, 5.41) is 7.82. The molecule has 1 N–H and O–H groups in total. The van der Waals surface area contributed by atoms with E-state index in [1.165, 1.54) is 0 Å². The highest BCUT2D eigenvalue weighted by molar-refractivity contribution is 6.40. The lowest BCUT2D eigenvalue weighted by Crippen LogP contribution is -2.14. The van der Waals surface area contributed by atoms with Gasteiger partial charge >= 0.3 is 0 Å². The average molecular weight is 382 g/mol. The molecule has 0 radical (unpaired) electrons. The Morgan fingerprint density at radius 2 is 1.62 bits per heavy atom. The normalized spacial score (nSPS) is 10.7. The summed E-state index contributed by atoms with van der Waals surface area (Å²) >= 11 is 18.4. The van der Waals surface area contributed by atoms with Crippen molar-refractivity contribution in [3.05, 3.63) is 68.9 Å². The van der Waals surface area contributed by atoms with E-state index < -0.39 is 5.91 Å². The first-order valence-corrected chi connectivity index (χ1v) is 8.09. The zero-order valence-corrected chi connectivity index (χ0v) is 14.7. The number of nitrogens with one attached hydrogen (secondary N) is 1. The molecular formula is C17H11Cl3N2O2. The lowest BCUT2D eigenvalue weighted by Gasteiger charge is -2.09. The largest absolute Gasteiger partial charge is 0.360 e. The molecule has 1 heterocycles. The number of hydrogen-bond acceptors (Lipinski definition) is 3. The van der Waals surface area contributed by atoms with Crippen LogP contribution in [0, 0.1) is 6.92 Å². The van der Waals surface area contributed by atoms with Crippen LogP contribution in [0.25, 0.3) is 11.3 Å². The maximum absolute atomic E-state index is 12.7. The van der Waals surface area contributed by atoms with Crippen LogP contribution in [0.1, 0.15) is 16.1 Å². The van der Waals surface area contributed by atoms with E-state index in [1.54, 1.807) is 49.4 Å². The van der Waals surface area contributed by atoms with Crippen molar-refractivity contribution in [2.75, 3.05) is 5.32 Å². The highest BCUT2D eigenvalue weighted by Crippen LogP contribution is 2.34. The Bertz CT molecular complexity index is 902. The highest BCUT2D eigenvalue weighted by atomic mass is 35.5. The van der Waals surface area contributed by atoms with Gasteiger partial charge in [0.15, 0.2) is 0 Å². The molecular weight excluding hydrogens is 371 g/mol. The van der Waals surface area contributed by atoms with E-state index in [-0.39, 0.29) is 5.56 Å². The van der Waals surface area contributed by atoms with Crippen LogP contribution in [0.5, 0.6) is 0 Å². The fourth-order valence-corrected chi connectivity index (χ4v) is 2.99. The highest BCUT2D eigenvalue weighted by Gasteiger charge is 2.24. The fourth-order valence-electron chi connectivity index (χ4n) is 2.27. The van der Waals surface area contributed by atoms with Gasteiger partial charge in [-0.2, -0.15) is 0 Å². The number of para-hydroxylation sites is 1. The third-order valence-electron chi connectivity index (χ3n) is 3.42. The molecule has 122 valence electrons. The van der Waals surface area contributed by atoms with Crippen molar-refractivity contribution in [2.45, 2.75) is 6.92 Å². The van der Waals surface area contributed by atoms with Gasteiger partial charge in [-0.15, -0.1) is 0 Å². The molecule has 0 unspecified atom stereocenters. The molecule has 7 heteroatoms. The lowest BCUT2D eigenvalue weighted by atomic mass is 10.1. The predicted octanol–water partition coefficient (Wildman–Crippen LogP) is 5.86. The fraction of sp³-hybridized carbons (Fsp3) is 0.0588. The van der Waals surface area contributed by atoms with E-state index in [2.05, 4.69) is 10.5 Å². The van der Waals surface area contributed by atoms with Crippen LogP contribution in [0.4, 0.5) is 5.69 Å². The van der Waals surface area contributed by atoms with Gasteiger partial charge in [-0.1, -0.05) is 64.2 Å². The molecule has 0 aliphatic heterocycles. The SMILES string of the molecule is Cc1onc(-c2ccccc2Cl)c1C(=O)Nc1c(Cl)cccc1Cl. The van der Waals surface area contributed by atoms with Crippen LogP contribution in [0.2, 0.25) is 15.1 Å². The number of aryl methyl sites for hydroxylation is 1. The number of benzene rings is 2. The maximum atomic E-state index is 12.7. The van der Waals surface area contributed by atoms with Crippen molar-refractivity contribution in [3.63, 3.8) is 0 Å². The van der Waals surface area contributed by atoms with Crippen LogP contribution in [-0.2, 0) is 0 Å². The first-order valence-electron chi connectivity index (χ1n) is 6.95. The predicted molar refractivity (Wildman–Crippen MR) is 96.1 cm³/mol. The molecule has 3 aromatic rings. The zero-order valence-electron chi connectivity index (χ0n) is 12.4. The Balaban J connectivity index is 2.03. The standard InChI is InChI=1S/C17H11Cl3N2O2/c1-9-14(15(22-24-9)10-5-2-3-6-11(10)18)17(23)21-16-12(19)7-4-8-13(16)20/h2-8H,1H3,(H,21,23). The van der Waals surface area contributed by atoms with Gasteiger partial charge in [0.1, 0.15) is 17.0 Å². The van der Waals surface area contributed by atoms with Crippen LogP contribution in [0.3, 0.4) is 0 Å². The van der Waals surface area contributed by atoms with Crippen molar-refractivity contribution in [3.8, 4) is 11.3 Å². The molecule has 4 nitrogen and oxygen atoms in total. The monoisotopic (exact) mass is 380 g/mol. The number of carbonyl (C=O) groups is 1. The zero-order chi connectivity index (χ0) is 17.3. The van der Waals surface area contributed by atoms with Gasteiger partial charge in [0.25, 0.3) is 5.91 Å². The van der Waals surface area contributed by atoms with Gasteiger partial charge in [0.05, 0.1) is 20.8 Å². The Morgan fingerprint density at radius 1 is 1.00 bits per heavy atom. The summed E-state index contributed by atoms with van der Waals surface area (Å²) in [6.45, 7) is 1.65. The first-order chi connectivity index (χ1) is 11.5. The molecule has 3 rings (SSSR count). The summed E-state index contributed by atoms with van der Waals surface area (Å²) in [5.41, 5.74) is 1.57. The Kier molecular flexibility index (Phi) is 4.81. The van der Waals surface area contributed by atoms with Crippen molar-refractivity contribution < 1.29 is 9.32 Å². The van der Waals surface area contributed by atoms with Crippen LogP contribution in [0.15, 0.2) is 47.0 Å². The second-order valence-corrected chi connectivity index (χ2v) is 6.21. The van der Waals surface area contributed by atoms with Gasteiger partial charge in [0.2, 0.25) is 0 Å². The Hall–Kier alpha value is -2.01. The molecule has 0 aliphatic rings. The van der Waals surface area contributed by atoms with E-state index in [0.717, 1.165) is 0 Å². The number of carbonyl (C=O) groups excluding carboxylic acids is 1. The number of rotatable bonds is 3. The summed E-state index contributed by atoms with van der Waals surface area (Å²) in [6, 6.07) is 12.0. The molecule has 0 saturated carbocycles. The molecule has 0 bridgehead atoms. The average Bonchev–Trinajstić information content (AvgIpc) is 2.93. The maximum Gasteiger partial charge on any atom is 0.261 e. The third kappa shape index (κ3) is 3.13. The minimum atomic E-state index is -0.432. The molecule has 0 fully saturated rings. The van der Waals surface area contributed by atoms with Crippen molar-refractivity contribution in [1.29, 1.82) is 0 Å². The summed E-state index contributed by atoms with van der Waals surface area (Å²) < 4.78 is 5.19. The van der Waals surface area contributed by atoms with E-state index in [0.29, 0.717) is 37.8 Å². The summed E-state index contributed by atoms with van der Waals surface area (Å²) in [5.74, 6) is -0.0655. The number of anilines is 1. The van der Waals surface area contributed by atoms with Gasteiger partial charge in [0, 0.05) is 5.56 Å². The smallest absolute Gasteiger partial charge is 0.261 e. The third-order valence-corrected chi connectivity index (χ3v) is 4.38. The summed E-state index contributed by atoms with van der Waals surface area (Å²) in [6.07, 6.45) is 0. The quantitative estimate of drug-likeness (QED) is 0.618. The lowest BCUT2D eigenvalue weighted by molar-refractivity contribution is 0.102. The number of nitrogens with zero attached hydrogens (tertiary/aromatic N) is 1. The second kappa shape index (κ2) is 6.85. The summed E-state index contributed by atoms with van der Waals surface area (Å²) in [4.78, 5) is 12.7. The van der Waals surface area contributed by atoms with E-state index in [4.69, 9.17) is 39.3 Å². The first kappa shape index (κ1) is 16.8. The molecule has 0 aliphatic carbocycles. The molecule has 1 aromatic heterocycles. The van der Waals surface area contributed by atoms with Crippen molar-refractivity contribution in [1.82, 2.24) is 5.16 Å². The molecule has 24 heavy (non-hydrogen) atoms. The van der Waals surface area contributed by atoms with E-state index in [9.17, 15) is 4.79 Å². The Morgan fingerprint density at radius 3 is 2.29 bits per heavy atom. The Labute approximate surface area is 153 Å². The number of halogens is 3. The van der Waals surface area contributed by atoms with Gasteiger partial charge < -0.3 is 9.84 Å². The van der Waals surface area contributed by atoms with Crippen LogP contribution >= 0.6 is 34.8 Å². The van der Waals surface area contributed by atoms with Crippen LogP contribution < -0.4 is 5.32 Å². The summed E-state index contributed by atoms with van der Waals surface area (Å²) in [7, 11) is 0. The molecule has 1 amide bonds. The molecule has 2 aromatic carbocycles. The second-order valence-electron chi connectivity index (χ2n) is 4.99. The molecule has 0 atom stereocenters. The van der Waals surface area contributed by atoms with Crippen LogP contribution in [-0.4, -0.2) is 11.1 Å². The van der Waals surface area contributed by atoms with Crippen molar-refractivity contribution in [2.24, 2.45) is 0 Å². The molecule has 0 spiro atoms. The van der Waals surface area contributed by atoms with E-state index in [1.807, 2.05) is 0 Å². The van der Waals surface area contributed by atoms with Crippen molar-refractivity contribution >= 4 is 46.4 Å². The minimum absolute atomic E-state index is 0.277. The minimum Gasteiger partial charge on any atom is -0.360 e. The van der Waals surface area contributed by atoms with Gasteiger partial charge in [-0.25, -0.2) is 0 Å². The topological polar surface area (TPSA) is 55.1 Å². The van der Waals surface area contributed by atoms with Gasteiger partial charge in [-0.05, 0) is 25.1 Å². The molecule has 0 saturated heterocycles. The van der Waals surface area contributed by atoms with Gasteiger partial charge in [-0.3, -0.25) is 4.79 Å². The number of hydrogen-bond donors (Lipinski definition) is 1. The number of aromatic nitrogens is 1. The number of amides is 1.